The van der Waals surface area contributed by atoms with Crippen molar-refractivity contribution in [2.24, 2.45) is 0 Å². The van der Waals surface area contributed by atoms with Crippen LogP contribution in [0.3, 0.4) is 0 Å². The van der Waals surface area contributed by atoms with Crippen molar-refractivity contribution >= 4 is 5.95 Å². The first-order valence-corrected chi connectivity index (χ1v) is 6.77. The lowest BCUT2D eigenvalue weighted by Crippen LogP contribution is -2.24. The van der Waals surface area contributed by atoms with Crippen LogP contribution >= 0.6 is 0 Å². The molecule has 0 aliphatic heterocycles. The fourth-order valence-electron chi connectivity index (χ4n) is 2.38. The lowest BCUT2D eigenvalue weighted by atomic mass is 9.96. The number of hydrogen-bond donors (Lipinski definition) is 1. The van der Waals surface area contributed by atoms with Crippen molar-refractivity contribution in [2.75, 3.05) is 5.32 Å². The molecule has 0 aromatic carbocycles. The zero-order chi connectivity index (χ0) is 12.3. The summed E-state index contributed by atoms with van der Waals surface area (Å²) in [5.41, 5.74) is 2.19. The van der Waals surface area contributed by atoms with Crippen LogP contribution in [0.2, 0.25) is 0 Å². The minimum atomic E-state index is 0.462. The second kappa shape index (κ2) is 5.48. The largest absolute Gasteiger partial charge is 0.351 e. The van der Waals surface area contributed by atoms with Crippen LogP contribution in [-0.4, -0.2) is 16.0 Å². The molecule has 17 heavy (non-hydrogen) atoms. The Kier molecular flexibility index (Phi) is 3.97. The van der Waals surface area contributed by atoms with Crippen molar-refractivity contribution in [3.05, 3.63) is 17.5 Å². The highest BCUT2D eigenvalue weighted by Gasteiger charge is 2.15. The molecule has 0 unspecified atom stereocenters. The summed E-state index contributed by atoms with van der Waals surface area (Å²) in [7, 11) is 0. The lowest BCUT2D eigenvalue weighted by Gasteiger charge is -2.23. The van der Waals surface area contributed by atoms with E-state index in [-0.39, 0.29) is 0 Å². The minimum Gasteiger partial charge on any atom is -0.351 e. The van der Waals surface area contributed by atoms with Gasteiger partial charge in [0, 0.05) is 17.4 Å². The second-order valence-corrected chi connectivity index (χ2v) is 5.39. The molecule has 0 spiro atoms. The second-order valence-electron chi connectivity index (χ2n) is 5.39. The number of nitrogens with zero attached hydrogens (tertiary/aromatic N) is 2. The Morgan fingerprint density at radius 1 is 1.18 bits per heavy atom. The molecule has 0 bridgehead atoms. The van der Waals surface area contributed by atoms with Gasteiger partial charge in [0.1, 0.15) is 0 Å². The third-order valence-corrected chi connectivity index (χ3v) is 3.40. The first kappa shape index (κ1) is 12.3. The molecule has 1 heterocycles. The summed E-state index contributed by atoms with van der Waals surface area (Å²) in [6.07, 6.45) is 6.56. The Hall–Kier alpha value is -1.12. The summed E-state index contributed by atoms with van der Waals surface area (Å²) < 4.78 is 0. The molecule has 1 N–H and O–H groups in total. The Morgan fingerprint density at radius 2 is 1.88 bits per heavy atom. The maximum Gasteiger partial charge on any atom is 0.223 e. The van der Waals surface area contributed by atoms with Gasteiger partial charge in [0.25, 0.3) is 0 Å². The van der Waals surface area contributed by atoms with Gasteiger partial charge in [0.15, 0.2) is 0 Å². The number of nitrogens with one attached hydrogen (secondary N) is 1. The Bertz CT molecular complexity index is 368. The molecule has 0 saturated heterocycles. The molecule has 1 aliphatic carbocycles. The van der Waals surface area contributed by atoms with Gasteiger partial charge in [-0.05, 0) is 31.7 Å². The van der Waals surface area contributed by atoms with E-state index in [1.54, 1.807) is 0 Å². The van der Waals surface area contributed by atoms with Gasteiger partial charge in [-0.2, -0.15) is 0 Å². The number of aryl methyl sites for hydroxylation is 1. The van der Waals surface area contributed by atoms with Gasteiger partial charge in [0.05, 0.1) is 0 Å². The number of hydrogen-bond acceptors (Lipinski definition) is 3. The summed E-state index contributed by atoms with van der Waals surface area (Å²) in [4.78, 5) is 9.09. The molecule has 0 atom stereocenters. The van der Waals surface area contributed by atoms with Crippen molar-refractivity contribution in [1.82, 2.24) is 9.97 Å². The zero-order valence-electron chi connectivity index (χ0n) is 11.2. The van der Waals surface area contributed by atoms with Crippen molar-refractivity contribution < 1.29 is 0 Å². The number of aromatic nitrogens is 2. The van der Waals surface area contributed by atoms with Crippen molar-refractivity contribution in [3.63, 3.8) is 0 Å². The molecule has 1 aromatic heterocycles. The average molecular weight is 233 g/mol. The highest BCUT2D eigenvalue weighted by molar-refractivity contribution is 5.30. The van der Waals surface area contributed by atoms with Gasteiger partial charge in [-0.3, -0.25) is 0 Å². The van der Waals surface area contributed by atoms with Crippen LogP contribution in [-0.2, 0) is 0 Å². The summed E-state index contributed by atoms with van der Waals surface area (Å²) in [5.74, 6) is 1.28. The van der Waals surface area contributed by atoms with Crippen LogP contribution in [0, 0.1) is 6.92 Å². The van der Waals surface area contributed by atoms with E-state index in [0.717, 1.165) is 17.3 Å². The normalized spacial score (nSPS) is 17.4. The lowest BCUT2D eigenvalue weighted by molar-refractivity contribution is 0.460. The van der Waals surface area contributed by atoms with Crippen molar-refractivity contribution in [2.45, 2.75) is 64.8 Å². The third kappa shape index (κ3) is 3.42. The molecular formula is C14H23N3. The van der Waals surface area contributed by atoms with Crippen molar-refractivity contribution in [1.29, 1.82) is 0 Å². The average Bonchev–Trinajstić information content (AvgIpc) is 2.29. The van der Waals surface area contributed by atoms with Gasteiger partial charge in [-0.15, -0.1) is 0 Å². The van der Waals surface area contributed by atoms with Gasteiger partial charge < -0.3 is 5.32 Å². The molecule has 1 saturated carbocycles. The fourth-order valence-corrected chi connectivity index (χ4v) is 2.38. The minimum absolute atomic E-state index is 0.462. The topological polar surface area (TPSA) is 37.8 Å². The molecular weight excluding hydrogens is 210 g/mol. The van der Waals surface area contributed by atoms with E-state index in [4.69, 9.17) is 0 Å². The van der Waals surface area contributed by atoms with Crippen LogP contribution in [0.4, 0.5) is 5.95 Å². The summed E-state index contributed by atoms with van der Waals surface area (Å²) in [6.45, 7) is 6.39. The van der Waals surface area contributed by atoms with E-state index in [1.807, 2.05) is 6.92 Å². The van der Waals surface area contributed by atoms with E-state index < -0.39 is 0 Å². The summed E-state index contributed by atoms with van der Waals surface area (Å²) >= 11 is 0. The first-order valence-electron chi connectivity index (χ1n) is 6.77. The number of rotatable bonds is 3. The molecule has 2 rings (SSSR count). The first-order chi connectivity index (χ1) is 8.15. The van der Waals surface area contributed by atoms with E-state index in [2.05, 4.69) is 35.2 Å². The molecule has 1 fully saturated rings. The summed E-state index contributed by atoms with van der Waals surface area (Å²) in [6, 6.07) is 2.65. The van der Waals surface area contributed by atoms with Gasteiger partial charge in [-0.25, -0.2) is 9.97 Å². The van der Waals surface area contributed by atoms with Crippen LogP contribution in [0.25, 0.3) is 0 Å². The van der Waals surface area contributed by atoms with Crippen LogP contribution in [0.5, 0.6) is 0 Å². The zero-order valence-corrected chi connectivity index (χ0v) is 11.2. The molecule has 94 valence electrons. The quantitative estimate of drug-likeness (QED) is 0.866. The van der Waals surface area contributed by atoms with E-state index in [1.165, 1.54) is 32.1 Å². The van der Waals surface area contributed by atoms with Crippen LogP contribution < -0.4 is 5.32 Å². The van der Waals surface area contributed by atoms with Crippen LogP contribution in [0.1, 0.15) is 63.3 Å². The van der Waals surface area contributed by atoms with Crippen molar-refractivity contribution in [3.8, 4) is 0 Å². The third-order valence-electron chi connectivity index (χ3n) is 3.40. The van der Waals surface area contributed by atoms with Gasteiger partial charge in [-0.1, -0.05) is 33.1 Å². The SMILES string of the molecule is Cc1cc(C(C)C)nc(NC2CCCCC2)n1. The van der Waals surface area contributed by atoms with E-state index in [0.29, 0.717) is 12.0 Å². The predicted molar refractivity (Wildman–Crippen MR) is 71.4 cm³/mol. The molecule has 3 nitrogen and oxygen atoms in total. The Labute approximate surface area is 104 Å². The number of anilines is 1. The van der Waals surface area contributed by atoms with E-state index >= 15 is 0 Å². The standard InChI is InChI=1S/C14H23N3/c1-10(2)13-9-11(3)15-14(17-13)16-12-7-5-4-6-8-12/h9-10,12H,4-8H2,1-3H3,(H,15,16,17). The molecule has 0 amide bonds. The Balaban J connectivity index is 2.09. The predicted octanol–water partition coefficient (Wildman–Crippen LogP) is 3.65. The maximum absolute atomic E-state index is 4.60. The maximum atomic E-state index is 4.60. The molecule has 3 heteroatoms. The summed E-state index contributed by atoms with van der Waals surface area (Å²) in [5, 5.41) is 3.49. The Morgan fingerprint density at radius 3 is 2.53 bits per heavy atom. The van der Waals surface area contributed by atoms with Crippen LogP contribution in [0.15, 0.2) is 6.07 Å². The monoisotopic (exact) mass is 233 g/mol. The molecule has 0 radical (unpaired) electrons. The molecule has 1 aromatic rings. The van der Waals surface area contributed by atoms with Gasteiger partial charge >= 0.3 is 0 Å². The highest BCUT2D eigenvalue weighted by Crippen LogP contribution is 2.21. The fraction of sp³-hybridized carbons (Fsp3) is 0.714. The highest BCUT2D eigenvalue weighted by atomic mass is 15.1. The smallest absolute Gasteiger partial charge is 0.223 e. The molecule has 1 aliphatic rings. The van der Waals surface area contributed by atoms with E-state index in [9.17, 15) is 0 Å². The van der Waals surface area contributed by atoms with Gasteiger partial charge in [0.2, 0.25) is 5.95 Å².